The number of hydrogen-bond donors (Lipinski definition) is 1. The number of carbonyl (C=O) groups excluding carboxylic acids is 1. The van der Waals surface area contributed by atoms with E-state index in [0.717, 1.165) is 38.9 Å². The van der Waals surface area contributed by atoms with E-state index in [0.29, 0.717) is 18.7 Å². The molecular formula is C24H29N3O3S. The van der Waals surface area contributed by atoms with Crippen LogP contribution in [0.2, 0.25) is 0 Å². The SMILES string of the molecule is C#CCNS(=O)(=O)c1cccc(C(=O)N2CCCN(CCCc3ccccc3)CC2)c1. The first kappa shape index (κ1) is 23.0. The van der Waals surface area contributed by atoms with Crippen molar-refractivity contribution in [2.24, 2.45) is 0 Å². The van der Waals surface area contributed by atoms with E-state index in [2.05, 4.69) is 39.8 Å². The highest BCUT2D eigenvalue weighted by Gasteiger charge is 2.22. The molecule has 0 bridgehead atoms. The highest BCUT2D eigenvalue weighted by molar-refractivity contribution is 7.89. The second-order valence-electron chi connectivity index (χ2n) is 7.63. The largest absolute Gasteiger partial charge is 0.337 e. The molecule has 7 heteroatoms. The Hall–Kier alpha value is -2.66. The van der Waals surface area contributed by atoms with Crippen LogP contribution in [0.3, 0.4) is 0 Å². The summed E-state index contributed by atoms with van der Waals surface area (Å²) in [5, 5.41) is 0. The lowest BCUT2D eigenvalue weighted by Gasteiger charge is -2.22. The van der Waals surface area contributed by atoms with Crippen LogP contribution in [0.1, 0.15) is 28.8 Å². The van der Waals surface area contributed by atoms with Gasteiger partial charge in [0.1, 0.15) is 0 Å². The second-order valence-corrected chi connectivity index (χ2v) is 9.40. The Balaban J connectivity index is 1.56. The summed E-state index contributed by atoms with van der Waals surface area (Å²) in [6.07, 6.45) is 8.17. The summed E-state index contributed by atoms with van der Waals surface area (Å²) in [6.45, 7) is 4.00. The van der Waals surface area contributed by atoms with E-state index < -0.39 is 10.0 Å². The zero-order chi connectivity index (χ0) is 22.1. The lowest BCUT2D eigenvalue weighted by molar-refractivity contribution is 0.0761. The molecule has 1 heterocycles. The Labute approximate surface area is 185 Å². The fourth-order valence-corrected chi connectivity index (χ4v) is 4.73. The van der Waals surface area contributed by atoms with Crippen LogP contribution < -0.4 is 4.72 Å². The highest BCUT2D eigenvalue weighted by Crippen LogP contribution is 2.15. The van der Waals surface area contributed by atoms with Crippen molar-refractivity contribution in [2.45, 2.75) is 24.2 Å². The number of rotatable bonds is 8. The third kappa shape index (κ3) is 6.66. The number of hydrogen-bond acceptors (Lipinski definition) is 4. The number of carbonyl (C=O) groups is 1. The van der Waals surface area contributed by atoms with Crippen molar-refractivity contribution in [3.63, 3.8) is 0 Å². The van der Waals surface area contributed by atoms with Gasteiger partial charge in [-0.2, -0.15) is 4.72 Å². The summed E-state index contributed by atoms with van der Waals surface area (Å²) in [4.78, 5) is 17.3. The Morgan fingerprint density at radius 1 is 1.03 bits per heavy atom. The molecule has 1 fully saturated rings. The van der Waals surface area contributed by atoms with Gasteiger partial charge in [-0.05, 0) is 56.1 Å². The predicted octanol–water partition coefficient (Wildman–Crippen LogP) is 2.38. The van der Waals surface area contributed by atoms with Crippen molar-refractivity contribution >= 4 is 15.9 Å². The van der Waals surface area contributed by atoms with Crippen LogP contribution in [-0.4, -0.2) is 63.4 Å². The minimum absolute atomic E-state index is 0.0472. The molecule has 0 aliphatic carbocycles. The Morgan fingerprint density at radius 3 is 2.61 bits per heavy atom. The van der Waals surface area contributed by atoms with Crippen LogP contribution in [0, 0.1) is 12.3 Å². The minimum Gasteiger partial charge on any atom is -0.337 e. The number of benzene rings is 2. The number of sulfonamides is 1. The number of terminal acetylenes is 1. The van der Waals surface area contributed by atoms with Gasteiger partial charge in [0.25, 0.3) is 5.91 Å². The maximum atomic E-state index is 13.0. The van der Waals surface area contributed by atoms with E-state index in [1.165, 1.54) is 17.7 Å². The number of amides is 1. The molecule has 0 atom stereocenters. The van der Waals surface area contributed by atoms with E-state index >= 15 is 0 Å². The summed E-state index contributed by atoms with van der Waals surface area (Å²) in [6, 6.07) is 16.6. The van der Waals surface area contributed by atoms with Crippen molar-refractivity contribution in [2.75, 3.05) is 39.3 Å². The number of aryl methyl sites for hydroxylation is 1. The first-order valence-corrected chi connectivity index (χ1v) is 12.1. The van der Waals surface area contributed by atoms with Gasteiger partial charge in [0, 0.05) is 25.2 Å². The molecular weight excluding hydrogens is 410 g/mol. The average molecular weight is 440 g/mol. The molecule has 0 aromatic heterocycles. The average Bonchev–Trinajstić information content (AvgIpc) is 3.04. The van der Waals surface area contributed by atoms with Crippen molar-refractivity contribution < 1.29 is 13.2 Å². The molecule has 164 valence electrons. The molecule has 1 saturated heterocycles. The number of nitrogens with zero attached hydrogens (tertiary/aromatic N) is 2. The van der Waals surface area contributed by atoms with Crippen LogP contribution in [0.5, 0.6) is 0 Å². The first-order chi connectivity index (χ1) is 15.0. The molecule has 1 aliphatic rings. The normalized spacial score (nSPS) is 15.3. The molecule has 0 radical (unpaired) electrons. The molecule has 3 rings (SSSR count). The molecule has 0 spiro atoms. The van der Waals surface area contributed by atoms with E-state index in [9.17, 15) is 13.2 Å². The molecule has 1 aliphatic heterocycles. The van der Waals surface area contributed by atoms with E-state index in [4.69, 9.17) is 6.42 Å². The molecule has 1 N–H and O–H groups in total. The van der Waals surface area contributed by atoms with Crippen molar-refractivity contribution in [3.05, 3.63) is 65.7 Å². The lowest BCUT2D eigenvalue weighted by atomic mass is 10.1. The van der Waals surface area contributed by atoms with Gasteiger partial charge in [0.2, 0.25) is 10.0 Å². The van der Waals surface area contributed by atoms with Gasteiger partial charge in [-0.1, -0.05) is 42.3 Å². The summed E-state index contributed by atoms with van der Waals surface area (Å²) < 4.78 is 26.9. The monoisotopic (exact) mass is 439 g/mol. The van der Waals surface area contributed by atoms with Gasteiger partial charge in [-0.3, -0.25) is 4.79 Å². The fourth-order valence-electron chi connectivity index (χ4n) is 3.75. The van der Waals surface area contributed by atoms with Crippen LogP contribution in [-0.2, 0) is 16.4 Å². The third-order valence-corrected chi connectivity index (χ3v) is 6.81. The summed E-state index contributed by atoms with van der Waals surface area (Å²) in [5.74, 6) is 2.11. The topological polar surface area (TPSA) is 69.7 Å². The quantitative estimate of drug-likeness (QED) is 0.641. The van der Waals surface area contributed by atoms with Crippen LogP contribution >= 0.6 is 0 Å². The smallest absolute Gasteiger partial charge is 0.253 e. The zero-order valence-corrected chi connectivity index (χ0v) is 18.5. The maximum Gasteiger partial charge on any atom is 0.253 e. The molecule has 31 heavy (non-hydrogen) atoms. The summed E-state index contributed by atoms with van der Waals surface area (Å²) in [5.41, 5.74) is 1.72. The molecule has 2 aromatic rings. The van der Waals surface area contributed by atoms with Gasteiger partial charge in [0.15, 0.2) is 0 Å². The van der Waals surface area contributed by atoms with Crippen LogP contribution in [0.15, 0.2) is 59.5 Å². The highest BCUT2D eigenvalue weighted by atomic mass is 32.2. The zero-order valence-electron chi connectivity index (χ0n) is 17.7. The molecule has 2 aromatic carbocycles. The van der Waals surface area contributed by atoms with Crippen LogP contribution in [0.4, 0.5) is 0 Å². The Morgan fingerprint density at radius 2 is 1.84 bits per heavy atom. The second kappa shape index (κ2) is 11.1. The van der Waals surface area contributed by atoms with Crippen LogP contribution in [0.25, 0.3) is 0 Å². The first-order valence-electron chi connectivity index (χ1n) is 10.6. The fraction of sp³-hybridized carbons (Fsp3) is 0.375. The standard InChI is InChI=1S/C24H29N3O3S/c1-2-14-25-31(29,30)23-13-6-12-22(20-23)24(28)27-17-8-16-26(18-19-27)15-7-11-21-9-4-3-5-10-21/h1,3-6,9-10,12-13,20,25H,7-8,11,14-19H2. The van der Waals surface area contributed by atoms with E-state index in [1.54, 1.807) is 12.1 Å². The van der Waals surface area contributed by atoms with Gasteiger partial charge in [-0.25, -0.2) is 8.42 Å². The van der Waals surface area contributed by atoms with Gasteiger partial charge < -0.3 is 9.80 Å². The Kier molecular flexibility index (Phi) is 8.24. The van der Waals surface area contributed by atoms with Gasteiger partial charge in [0.05, 0.1) is 11.4 Å². The van der Waals surface area contributed by atoms with Crippen molar-refractivity contribution in [1.29, 1.82) is 0 Å². The minimum atomic E-state index is -3.73. The molecule has 1 amide bonds. The molecule has 0 unspecified atom stereocenters. The van der Waals surface area contributed by atoms with E-state index in [1.807, 2.05) is 11.0 Å². The van der Waals surface area contributed by atoms with Gasteiger partial charge in [-0.15, -0.1) is 6.42 Å². The predicted molar refractivity (Wildman–Crippen MR) is 122 cm³/mol. The lowest BCUT2D eigenvalue weighted by Crippen LogP contribution is -2.35. The third-order valence-electron chi connectivity index (χ3n) is 5.41. The molecule has 6 nitrogen and oxygen atoms in total. The van der Waals surface area contributed by atoms with Gasteiger partial charge >= 0.3 is 0 Å². The molecule has 0 saturated carbocycles. The van der Waals surface area contributed by atoms with E-state index in [-0.39, 0.29) is 17.3 Å². The van der Waals surface area contributed by atoms with Crippen molar-refractivity contribution in [3.8, 4) is 12.3 Å². The number of nitrogens with one attached hydrogen (secondary N) is 1. The maximum absolute atomic E-state index is 13.0. The summed E-state index contributed by atoms with van der Waals surface area (Å²) in [7, 11) is -3.73. The summed E-state index contributed by atoms with van der Waals surface area (Å²) >= 11 is 0. The Bertz CT molecular complexity index is 1020. The van der Waals surface area contributed by atoms with Crippen molar-refractivity contribution in [1.82, 2.24) is 14.5 Å².